The second-order valence-electron chi connectivity index (χ2n) is 7.42. The molecule has 0 saturated heterocycles. The van der Waals surface area contributed by atoms with Gasteiger partial charge < -0.3 is 9.47 Å². The number of hydrogen-bond acceptors (Lipinski definition) is 5. The predicted molar refractivity (Wildman–Crippen MR) is 125 cm³/mol. The Morgan fingerprint density at radius 3 is 2.34 bits per heavy atom. The molecule has 0 bridgehead atoms. The Hall–Kier alpha value is -4.14. The molecule has 3 rings (SSSR count). The molecular formula is C26H23F3N2O4. The van der Waals surface area contributed by atoms with E-state index in [0.29, 0.717) is 17.7 Å². The summed E-state index contributed by atoms with van der Waals surface area (Å²) in [5, 5.41) is 4.85. The summed E-state index contributed by atoms with van der Waals surface area (Å²) in [7, 11) is 1.55. The first kappa shape index (κ1) is 25.5. The van der Waals surface area contributed by atoms with E-state index in [0.717, 1.165) is 22.7 Å². The lowest BCUT2D eigenvalue weighted by molar-refractivity contribution is -0.147. The molecule has 0 aliphatic heterocycles. The molecule has 0 atom stereocenters. The summed E-state index contributed by atoms with van der Waals surface area (Å²) in [6.07, 6.45) is -2.84. The van der Waals surface area contributed by atoms with Crippen LogP contribution in [0.25, 0.3) is 0 Å². The number of esters is 1. The van der Waals surface area contributed by atoms with E-state index in [-0.39, 0.29) is 12.1 Å². The number of ether oxygens (including phenoxy) is 2. The Kier molecular flexibility index (Phi) is 8.61. The molecule has 0 spiro atoms. The summed E-state index contributed by atoms with van der Waals surface area (Å²) in [5.41, 5.74) is 0.478. The van der Waals surface area contributed by atoms with Gasteiger partial charge >= 0.3 is 12.1 Å². The highest BCUT2D eigenvalue weighted by Gasteiger charge is 2.31. The fraction of sp³-hybridized carbons (Fsp3) is 0.192. The van der Waals surface area contributed by atoms with E-state index in [4.69, 9.17) is 9.47 Å². The number of carbonyl (C=O) groups excluding carboxylic acids is 2. The first-order chi connectivity index (χ1) is 16.8. The average molecular weight is 484 g/mol. The molecule has 9 heteroatoms. The highest BCUT2D eigenvalue weighted by molar-refractivity contribution is 5.96. The smallest absolute Gasteiger partial charge is 0.416 e. The normalized spacial score (nSPS) is 11.3. The van der Waals surface area contributed by atoms with E-state index in [9.17, 15) is 22.8 Å². The molecule has 0 fully saturated rings. The van der Waals surface area contributed by atoms with Crippen LogP contribution >= 0.6 is 0 Å². The Labute approximate surface area is 200 Å². The average Bonchev–Trinajstić information content (AvgIpc) is 2.87. The van der Waals surface area contributed by atoms with Gasteiger partial charge in [0.2, 0.25) is 0 Å². The maximum absolute atomic E-state index is 13.2. The van der Waals surface area contributed by atoms with Gasteiger partial charge in [0.1, 0.15) is 5.75 Å². The van der Waals surface area contributed by atoms with Crippen LogP contribution in [0.15, 0.2) is 84.0 Å². The number of nitrogens with zero attached hydrogens (tertiary/aromatic N) is 2. The van der Waals surface area contributed by atoms with E-state index in [1.165, 1.54) is 18.3 Å². The maximum Gasteiger partial charge on any atom is 0.416 e. The number of methoxy groups -OCH3 is 1. The summed E-state index contributed by atoms with van der Waals surface area (Å²) in [6, 6.07) is 20.1. The lowest BCUT2D eigenvalue weighted by Crippen LogP contribution is -2.31. The molecule has 3 aromatic rings. The van der Waals surface area contributed by atoms with Gasteiger partial charge in [-0.2, -0.15) is 23.3 Å². The number of hydrogen-bond donors (Lipinski definition) is 0. The van der Waals surface area contributed by atoms with Crippen LogP contribution in [0.2, 0.25) is 0 Å². The molecule has 1 amide bonds. The Balaban J connectivity index is 1.69. The van der Waals surface area contributed by atoms with E-state index in [1.807, 2.05) is 12.1 Å². The van der Waals surface area contributed by atoms with Crippen molar-refractivity contribution < 1.29 is 32.2 Å². The van der Waals surface area contributed by atoms with Gasteiger partial charge in [-0.15, -0.1) is 0 Å². The highest BCUT2D eigenvalue weighted by atomic mass is 19.4. The molecule has 0 aliphatic carbocycles. The van der Waals surface area contributed by atoms with Gasteiger partial charge in [-0.1, -0.05) is 48.5 Å². The van der Waals surface area contributed by atoms with Crippen molar-refractivity contribution in [3.05, 3.63) is 95.6 Å². The minimum absolute atomic E-state index is 0.0243. The van der Waals surface area contributed by atoms with Crippen LogP contribution in [0.4, 0.5) is 18.9 Å². The van der Waals surface area contributed by atoms with Crippen LogP contribution in [-0.2, 0) is 26.9 Å². The van der Waals surface area contributed by atoms with Crippen LogP contribution in [0, 0.1) is 0 Å². The summed E-state index contributed by atoms with van der Waals surface area (Å²) in [4.78, 5) is 25.0. The Morgan fingerprint density at radius 2 is 1.69 bits per heavy atom. The molecular weight excluding hydrogens is 461 g/mol. The lowest BCUT2D eigenvalue weighted by Gasteiger charge is -2.18. The molecule has 182 valence electrons. The standard InChI is InChI=1S/C26H23F3N2O4/c1-34-23-13-10-19(11-14-23)12-15-25(33)35-18-24(32)31(30-17-20-6-3-2-4-7-20)22-9-5-8-21(16-22)26(27,28)29/h2-11,13-14,16-17H,12,15,18H2,1H3. The summed E-state index contributed by atoms with van der Waals surface area (Å²) < 4.78 is 49.7. The number of aryl methyl sites for hydroxylation is 1. The molecule has 0 saturated carbocycles. The molecule has 0 unspecified atom stereocenters. The van der Waals surface area contributed by atoms with Crippen LogP contribution in [0.5, 0.6) is 5.75 Å². The van der Waals surface area contributed by atoms with E-state index >= 15 is 0 Å². The fourth-order valence-corrected chi connectivity index (χ4v) is 3.07. The molecule has 0 aromatic heterocycles. The summed E-state index contributed by atoms with van der Waals surface area (Å²) >= 11 is 0. The number of halogens is 3. The number of rotatable bonds is 9. The van der Waals surface area contributed by atoms with Crippen molar-refractivity contribution in [3.8, 4) is 5.75 Å². The number of carbonyl (C=O) groups is 2. The molecule has 0 N–H and O–H groups in total. The molecule has 0 aliphatic rings. The molecule has 3 aromatic carbocycles. The van der Waals surface area contributed by atoms with Gasteiger partial charge in [0.05, 0.1) is 24.6 Å². The largest absolute Gasteiger partial charge is 0.497 e. The van der Waals surface area contributed by atoms with E-state index in [2.05, 4.69) is 5.10 Å². The molecule has 35 heavy (non-hydrogen) atoms. The van der Waals surface area contributed by atoms with Crippen molar-refractivity contribution in [2.75, 3.05) is 18.7 Å². The minimum Gasteiger partial charge on any atom is -0.497 e. The third kappa shape index (κ3) is 7.70. The van der Waals surface area contributed by atoms with Crippen molar-refractivity contribution in [1.82, 2.24) is 0 Å². The number of anilines is 1. The SMILES string of the molecule is COc1ccc(CCC(=O)OCC(=O)N(N=Cc2ccccc2)c2cccc(C(F)(F)F)c2)cc1. The van der Waals surface area contributed by atoms with Crippen molar-refractivity contribution in [2.45, 2.75) is 19.0 Å². The zero-order chi connectivity index (χ0) is 25.3. The van der Waals surface area contributed by atoms with Crippen molar-refractivity contribution in [1.29, 1.82) is 0 Å². The highest BCUT2D eigenvalue weighted by Crippen LogP contribution is 2.31. The van der Waals surface area contributed by atoms with Crippen LogP contribution in [0.3, 0.4) is 0 Å². The van der Waals surface area contributed by atoms with Gasteiger partial charge in [-0.25, -0.2) is 0 Å². The monoisotopic (exact) mass is 484 g/mol. The van der Waals surface area contributed by atoms with E-state index in [1.54, 1.807) is 49.6 Å². The topological polar surface area (TPSA) is 68.2 Å². The first-order valence-corrected chi connectivity index (χ1v) is 10.6. The zero-order valence-corrected chi connectivity index (χ0v) is 18.9. The van der Waals surface area contributed by atoms with Crippen molar-refractivity contribution in [2.24, 2.45) is 5.10 Å². The number of alkyl halides is 3. The van der Waals surface area contributed by atoms with Crippen molar-refractivity contribution >= 4 is 23.8 Å². The molecule has 0 heterocycles. The van der Waals surface area contributed by atoms with Gasteiger partial charge in [0, 0.05) is 6.42 Å². The number of amides is 1. The molecule has 6 nitrogen and oxygen atoms in total. The second kappa shape index (κ2) is 11.8. The van der Waals surface area contributed by atoms with Gasteiger partial charge in [0.25, 0.3) is 5.91 Å². The number of hydrazone groups is 1. The van der Waals surface area contributed by atoms with Crippen LogP contribution in [0.1, 0.15) is 23.1 Å². The Bertz CT molecular complexity index is 1160. The fourth-order valence-electron chi connectivity index (χ4n) is 3.07. The number of benzene rings is 3. The zero-order valence-electron chi connectivity index (χ0n) is 18.9. The first-order valence-electron chi connectivity index (χ1n) is 10.6. The van der Waals surface area contributed by atoms with Crippen LogP contribution in [-0.4, -0.2) is 31.8 Å². The second-order valence-corrected chi connectivity index (χ2v) is 7.42. The van der Waals surface area contributed by atoms with E-state index < -0.39 is 30.2 Å². The third-order valence-electron chi connectivity index (χ3n) is 4.91. The van der Waals surface area contributed by atoms with Crippen LogP contribution < -0.4 is 9.75 Å². The quantitative estimate of drug-likeness (QED) is 0.236. The maximum atomic E-state index is 13.2. The lowest BCUT2D eigenvalue weighted by atomic mass is 10.1. The molecule has 0 radical (unpaired) electrons. The third-order valence-corrected chi connectivity index (χ3v) is 4.91. The van der Waals surface area contributed by atoms with Gasteiger partial charge in [0.15, 0.2) is 6.61 Å². The van der Waals surface area contributed by atoms with Gasteiger partial charge in [-0.3, -0.25) is 9.59 Å². The van der Waals surface area contributed by atoms with Crippen molar-refractivity contribution in [3.63, 3.8) is 0 Å². The summed E-state index contributed by atoms with van der Waals surface area (Å²) in [6.45, 7) is -0.677. The Morgan fingerprint density at radius 1 is 0.971 bits per heavy atom. The van der Waals surface area contributed by atoms with Gasteiger partial charge in [-0.05, 0) is 47.9 Å². The summed E-state index contributed by atoms with van der Waals surface area (Å²) in [5.74, 6) is -0.729. The predicted octanol–water partition coefficient (Wildman–Crippen LogP) is 5.26. The minimum atomic E-state index is -4.60.